The number of aromatic amines is 1. The molecule has 1 saturated carbocycles. The number of nitrogens with one attached hydrogen (secondary N) is 1. The predicted molar refractivity (Wildman–Crippen MR) is 76.7 cm³/mol. The lowest BCUT2D eigenvalue weighted by atomic mass is 9.84. The van der Waals surface area contributed by atoms with Crippen LogP contribution in [0.2, 0.25) is 0 Å². The van der Waals surface area contributed by atoms with Gasteiger partial charge in [-0.1, -0.05) is 22.4 Å². The fraction of sp³-hybridized carbons (Fsp3) is 0.400. The first-order chi connectivity index (χ1) is 8.74. The first-order valence-electron chi connectivity index (χ1n) is 6.52. The Labute approximate surface area is 115 Å². The molecule has 3 rings (SSSR count). The Morgan fingerprint density at radius 3 is 3.06 bits per heavy atom. The molecule has 0 saturated heterocycles. The zero-order valence-corrected chi connectivity index (χ0v) is 11.8. The minimum atomic E-state index is 0.233. The molecule has 1 unspecified atom stereocenters. The number of H-pyrrole nitrogens is 1. The van der Waals surface area contributed by atoms with Crippen molar-refractivity contribution in [1.29, 1.82) is 0 Å². The van der Waals surface area contributed by atoms with E-state index < -0.39 is 0 Å². The number of carbonyl (C=O) groups is 1. The van der Waals surface area contributed by atoms with Crippen LogP contribution in [0.3, 0.4) is 0 Å². The third-order valence-corrected chi connectivity index (χ3v) is 4.37. The van der Waals surface area contributed by atoms with E-state index in [0.717, 1.165) is 35.7 Å². The number of fused-ring (bicyclic) bond motifs is 1. The molecule has 0 spiro atoms. The van der Waals surface area contributed by atoms with E-state index in [1.807, 2.05) is 6.07 Å². The third kappa shape index (κ3) is 2.24. The average molecular weight is 306 g/mol. The topological polar surface area (TPSA) is 32.9 Å². The van der Waals surface area contributed by atoms with Gasteiger partial charge in [-0.3, -0.25) is 4.79 Å². The Hall–Kier alpha value is -1.09. The van der Waals surface area contributed by atoms with E-state index >= 15 is 0 Å². The van der Waals surface area contributed by atoms with Crippen molar-refractivity contribution in [3.05, 3.63) is 34.4 Å². The number of carbonyl (C=O) groups excluding carboxylic acids is 1. The van der Waals surface area contributed by atoms with Crippen LogP contribution in [0.15, 0.2) is 28.9 Å². The fourth-order valence-corrected chi connectivity index (χ4v) is 3.22. The van der Waals surface area contributed by atoms with Crippen molar-refractivity contribution in [2.75, 3.05) is 0 Å². The molecular formula is C15H16BrNO. The second-order valence-electron chi connectivity index (χ2n) is 5.12. The maximum Gasteiger partial charge on any atom is 0.136 e. The molecule has 1 N–H and O–H groups in total. The van der Waals surface area contributed by atoms with E-state index in [0.29, 0.717) is 5.78 Å². The highest BCUT2D eigenvalue weighted by atomic mass is 79.9. The lowest BCUT2D eigenvalue weighted by molar-refractivity contribution is -0.124. The van der Waals surface area contributed by atoms with Gasteiger partial charge in [0, 0.05) is 33.9 Å². The smallest absolute Gasteiger partial charge is 0.136 e. The number of hydrogen-bond donors (Lipinski definition) is 1. The summed E-state index contributed by atoms with van der Waals surface area (Å²) in [5, 5.41) is 1.24. The van der Waals surface area contributed by atoms with Gasteiger partial charge in [0.05, 0.1) is 0 Å². The number of ketones is 1. The number of Topliss-reactive ketones (excluding diaryl/α,β-unsaturated/α-hetero) is 1. The zero-order valence-electron chi connectivity index (χ0n) is 10.2. The molecule has 0 aliphatic heterocycles. The van der Waals surface area contributed by atoms with Gasteiger partial charge in [-0.25, -0.2) is 0 Å². The summed E-state index contributed by atoms with van der Waals surface area (Å²) in [6.07, 6.45) is 7.04. The molecular weight excluding hydrogens is 290 g/mol. The van der Waals surface area contributed by atoms with Crippen LogP contribution in [-0.2, 0) is 11.2 Å². The van der Waals surface area contributed by atoms with E-state index in [9.17, 15) is 4.79 Å². The number of halogens is 1. The van der Waals surface area contributed by atoms with Gasteiger partial charge in [-0.15, -0.1) is 0 Å². The lowest BCUT2D eigenvalue weighted by Gasteiger charge is -2.19. The Morgan fingerprint density at radius 2 is 2.22 bits per heavy atom. The summed E-state index contributed by atoms with van der Waals surface area (Å²) in [4.78, 5) is 15.2. The molecule has 0 amide bonds. The molecule has 2 nitrogen and oxygen atoms in total. The molecule has 1 aliphatic rings. The van der Waals surface area contributed by atoms with Gasteiger partial charge >= 0.3 is 0 Å². The van der Waals surface area contributed by atoms with E-state index in [1.54, 1.807) is 0 Å². The number of hydrogen-bond acceptors (Lipinski definition) is 1. The molecule has 1 aromatic heterocycles. The Kier molecular flexibility index (Phi) is 3.25. The quantitative estimate of drug-likeness (QED) is 0.885. The van der Waals surface area contributed by atoms with Crippen LogP contribution >= 0.6 is 15.9 Å². The van der Waals surface area contributed by atoms with Crippen molar-refractivity contribution in [2.45, 2.75) is 32.1 Å². The lowest BCUT2D eigenvalue weighted by Crippen LogP contribution is -2.20. The summed E-state index contributed by atoms with van der Waals surface area (Å²) in [7, 11) is 0. The minimum Gasteiger partial charge on any atom is -0.361 e. The highest BCUT2D eigenvalue weighted by molar-refractivity contribution is 9.10. The molecule has 1 heterocycles. The molecule has 1 fully saturated rings. The van der Waals surface area contributed by atoms with Gasteiger partial charge in [0.25, 0.3) is 0 Å². The van der Waals surface area contributed by atoms with Crippen molar-refractivity contribution in [1.82, 2.24) is 4.98 Å². The first-order valence-corrected chi connectivity index (χ1v) is 7.31. The standard InChI is InChI=1S/C15H16BrNO/c16-12-5-6-14-13(8-12)11(9-17-14)7-10-3-1-2-4-15(10)18/h5-6,8-10,17H,1-4,7H2. The van der Waals surface area contributed by atoms with Gasteiger partial charge in [-0.05, 0) is 43.0 Å². The van der Waals surface area contributed by atoms with Gasteiger partial charge in [0.15, 0.2) is 0 Å². The van der Waals surface area contributed by atoms with E-state index in [1.165, 1.54) is 17.4 Å². The van der Waals surface area contributed by atoms with Crippen LogP contribution < -0.4 is 0 Å². The predicted octanol–water partition coefficient (Wildman–Crippen LogP) is 4.23. The summed E-state index contributed by atoms with van der Waals surface area (Å²) >= 11 is 3.51. The van der Waals surface area contributed by atoms with Gasteiger partial charge in [0.1, 0.15) is 5.78 Å². The Morgan fingerprint density at radius 1 is 1.33 bits per heavy atom. The second-order valence-corrected chi connectivity index (χ2v) is 6.03. The van der Waals surface area contributed by atoms with Crippen LogP contribution in [0, 0.1) is 5.92 Å². The van der Waals surface area contributed by atoms with E-state index in [-0.39, 0.29) is 5.92 Å². The van der Waals surface area contributed by atoms with Crippen molar-refractivity contribution < 1.29 is 4.79 Å². The Bertz CT molecular complexity index is 587. The molecule has 0 radical (unpaired) electrons. The number of benzene rings is 1. The molecule has 94 valence electrons. The maximum absolute atomic E-state index is 11.9. The SMILES string of the molecule is O=C1CCCCC1Cc1c[nH]c2ccc(Br)cc12. The summed E-state index contributed by atoms with van der Waals surface area (Å²) in [5.74, 6) is 0.683. The number of aromatic nitrogens is 1. The summed E-state index contributed by atoms with van der Waals surface area (Å²) < 4.78 is 1.09. The summed E-state index contributed by atoms with van der Waals surface area (Å²) in [6, 6.07) is 6.24. The van der Waals surface area contributed by atoms with Crippen molar-refractivity contribution in [2.24, 2.45) is 5.92 Å². The average Bonchev–Trinajstić information content (AvgIpc) is 2.75. The van der Waals surface area contributed by atoms with Crippen LogP contribution in [0.4, 0.5) is 0 Å². The van der Waals surface area contributed by atoms with Gasteiger partial charge < -0.3 is 4.98 Å². The normalized spacial score (nSPS) is 20.5. The monoisotopic (exact) mass is 305 g/mol. The molecule has 18 heavy (non-hydrogen) atoms. The van der Waals surface area contributed by atoms with Crippen LogP contribution in [0.1, 0.15) is 31.2 Å². The molecule has 1 aromatic carbocycles. The molecule has 1 aliphatic carbocycles. The Balaban J connectivity index is 1.90. The van der Waals surface area contributed by atoms with Gasteiger partial charge in [0.2, 0.25) is 0 Å². The molecule has 3 heteroatoms. The van der Waals surface area contributed by atoms with E-state index in [2.05, 4.69) is 39.2 Å². The zero-order chi connectivity index (χ0) is 12.5. The van der Waals surface area contributed by atoms with Crippen LogP contribution in [0.25, 0.3) is 10.9 Å². The largest absolute Gasteiger partial charge is 0.361 e. The number of rotatable bonds is 2. The first kappa shape index (κ1) is 12.0. The second kappa shape index (κ2) is 4.88. The van der Waals surface area contributed by atoms with Crippen molar-refractivity contribution in [3.63, 3.8) is 0 Å². The molecule has 1 atom stereocenters. The molecule has 2 aromatic rings. The van der Waals surface area contributed by atoms with Crippen molar-refractivity contribution in [3.8, 4) is 0 Å². The van der Waals surface area contributed by atoms with Crippen LogP contribution in [0.5, 0.6) is 0 Å². The minimum absolute atomic E-state index is 0.233. The summed E-state index contributed by atoms with van der Waals surface area (Å²) in [6.45, 7) is 0. The van der Waals surface area contributed by atoms with Gasteiger partial charge in [-0.2, -0.15) is 0 Å². The molecule has 0 bridgehead atoms. The maximum atomic E-state index is 11.9. The van der Waals surface area contributed by atoms with E-state index in [4.69, 9.17) is 0 Å². The highest BCUT2D eigenvalue weighted by Gasteiger charge is 2.23. The third-order valence-electron chi connectivity index (χ3n) is 3.88. The highest BCUT2D eigenvalue weighted by Crippen LogP contribution is 2.29. The fourth-order valence-electron chi connectivity index (χ4n) is 2.86. The van der Waals surface area contributed by atoms with Crippen molar-refractivity contribution >= 4 is 32.6 Å². The summed E-state index contributed by atoms with van der Waals surface area (Å²) in [5.41, 5.74) is 2.42. The van der Waals surface area contributed by atoms with Crippen LogP contribution in [-0.4, -0.2) is 10.8 Å².